The molecule has 0 spiro atoms. The van der Waals surface area contributed by atoms with Crippen LogP contribution in [0.15, 0.2) is 60.8 Å². The van der Waals surface area contributed by atoms with Crippen LogP contribution in [0.2, 0.25) is 0 Å². The van der Waals surface area contributed by atoms with Crippen molar-refractivity contribution in [1.29, 1.82) is 0 Å². The SMILES string of the molecule is CCNCC.CCOP(=O)(O)c1cc2c(cn1)[nH]c1cccc(OCc3ccccc3)c12. The van der Waals surface area contributed by atoms with Gasteiger partial charge in [-0.15, -0.1) is 0 Å². The molecule has 0 aliphatic heterocycles. The van der Waals surface area contributed by atoms with E-state index in [0.29, 0.717) is 12.4 Å². The summed E-state index contributed by atoms with van der Waals surface area (Å²) in [6.07, 6.45) is 1.55. The molecular formula is C24H30N3O4P. The zero-order chi connectivity index (χ0) is 23.0. The molecular weight excluding hydrogens is 425 g/mol. The van der Waals surface area contributed by atoms with Gasteiger partial charge in [-0.05, 0) is 43.8 Å². The summed E-state index contributed by atoms with van der Waals surface area (Å²) in [7, 11) is -3.95. The van der Waals surface area contributed by atoms with Gasteiger partial charge in [0.05, 0.1) is 23.8 Å². The molecule has 2 heterocycles. The molecule has 0 radical (unpaired) electrons. The number of nitrogens with zero attached hydrogens (tertiary/aromatic N) is 1. The van der Waals surface area contributed by atoms with Crippen molar-refractivity contribution in [3.63, 3.8) is 0 Å². The largest absolute Gasteiger partial charge is 0.488 e. The Morgan fingerprint density at radius 2 is 1.78 bits per heavy atom. The molecule has 8 heteroatoms. The molecule has 0 aliphatic carbocycles. The summed E-state index contributed by atoms with van der Waals surface area (Å²) >= 11 is 0. The maximum absolute atomic E-state index is 12.3. The van der Waals surface area contributed by atoms with Gasteiger partial charge in [-0.2, -0.15) is 0 Å². The first-order valence-electron chi connectivity index (χ1n) is 10.8. The van der Waals surface area contributed by atoms with Gasteiger partial charge < -0.3 is 24.5 Å². The summed E-state index contributed by atoms with van der Waals surface area (Å²) in [5.74, 6) is 0.698. The van der Waals surface area contributed by atoms with Crippen molar-refractivity contribution in [2.24, 2.45) is 0 Å². The summed E-state index contributed by atoms with van der Waals surface area (Å²) in [5, 5.41) is 4.73. The minimum absolute atomic E-state index is 0.0237. The Bertz CT molecular complexity index is 1190. The molecule has 0 saturated carbocycles. The zero-order valence-electron chi connectivity index (χ0n) is 18.7. The standard InChI is InChI=1S/C20H19N2O4P.C4H11N/c1-2-26-27(23,24)19-11-15-17(12-21-19)22-16-9-6-10-18(20(15)16)25-13-14-7-4-3-5-8-14;1-3-5-4-2/h3-12,22H,2,13H2,1H3,(H,23,24);5H,3-4H2,1-2H3. The van der Waals surface area contributed by atoms with Gasteiger partial charge in [0, 0.05) is 10.8 Å². The molecule has 0 saturated heterocycles. The maximum atomic E-state index is 12.3. The number of hydrogen-bond acceptors (Lipinski definition) is 5. The summed E-state index contributed by atoms with van der Waals surface area (Å²) < 4.78 is 23.4. The van der Waals surface area contributed by atoms with Crippen molar-refractivity contribution in [2.75, 3.05) is 19.7 Å². The minimum Gasteiger partial charge on any atom is -0.488 e. The second kappa shape index (κ2) is 11.2. The number of benzene rings is 2. The van der Waals surface area contributed by atoms with E-state index in [1.54, 1.807) is 19.2 Å². The number of fused-ring (bicyclic) bond motifs is 3. The number of H-pyrrole nitrogens is 1. The number of nitrogens with one attached hydrogen (secondary N) is 2. The molecule has 3 N–H and O–H groups in total. The van der Waals surface area contributed by atoms with Gasteiger partial charge in [0.25, 0.3) is 0 Å². The van der Waals surface area contributed by atoms with Gasteiger partial charge in [-0.25, -0.2) is 4.98 Å². The fourth-order valence-corrected chi connectivity index (χ4v) is 4.29. The van der Waals surface area contributed by atoms with Crippen molar-refractivity contribution in [1.82, 2.24) is 15.3 Å². The summed E-state index contributed by atoms with van der Waals surface area (Å²) in [5.41, 5.74) is 2.73. The monoisotopic (exact) mass is 455 g/mol. The Morgan fingerprint density at radius 1 is 1.03 bits per heavy atom. The second-order valence-electron chi connectivity index (χ2n) is 7.06. The molecule has 4 aromatic rings. The number of pyridine rings is 1. The molecule has 0 fully saturated rings. The van der Waals surface area contributed by atoms with Crippen molar-refractivity contribution < 1.29 is 18.7 Å². The van der Waals surface area contributed by atoms with Crippen LogP contribution in [0.25, 0.3) is 21.8 Å². The van der Waals surface area contributed by atoms with Crippen molar-refractivity contribution in [3.05, 3.63) is 66.4 Å². The van der Waals surface area contributed by atoms with Crippen LogP contribution in [0.1, 0.15) is 26.3 Å². The fraction of sp³-hybridized carbons (Fsp3) is 0.292. The van der Waals surface area contributed by atoms with Crippen LogP contribution in [0.4, 0.5) is 0 Å². The first kappa shape index (κ1) is 24.0. The third kappa shape index (κ3) is 5.75. The van der Waals surface area contributed by atoms with E-state index in [1.807, 2.05) is 48.5 Å². The van der Waals surface area contributed by atoms with Crippen LogP contribution in [-0.4, -0.2) is 34.6 Å². The molecule has 2 aromatic carbocycles. The fourth-order valence-electron chi connectivity index (χ4n) is 3.31. The third-order valence-corrected chi connectivity index (χ3v) is 6.22. The lowest BCUT2D eigenvalue weighted by Gasteiger charge is -2.10. The molecule has 0 aliphatic rings. The van der Waals surface area contributed by atoms with E-state index in [-0.39, 0.29) is 12.0 Å². The Labute approximate surface area is 188 Å². The molecule has 0 amide bonds. The molecule has 1 unspecified atom stereocenters. The van der Waals surface area contributed by atoms with E-state index in [2.05, 4.69) is 29.1 Å². The van der Waals surface area contributed by atoms with Crippen LogP contribution in [0.3, 0.4) is 0 Å². The number of hydrogen-bond donors (Lipinski definition) is 3. The van der Waals surface area contributed by atoms with Gasteiger partial charge in [-0.3, -0.25) is 4.57 Å². The summed E-state index contributed by atoms with van der Waals surface area (Å²) in [6.45, 7) is 8.62. The van der Waals surface area contributed by atoms with Crippen LogP contribution >= 0.6 is 7.60 Å². The lowest BCUT2D eigenvalue weighted by atomic mass is 10.1. The van der Waals surface area contributed by atoms with Gasteiger partial charge >= 0.3 is 7.60 Å². The first-order chi connectivity index (χ1) is 15.5. The van der Waals surface area contributed by atoms with Gasteiger partial charge in [0.2, 0.25) is 0 Å². The smallest absolute Gasteiger partial charge is 0.376 e. The molecule has 1 atom stereocenters. The highest BCUT2D eigenvalue weighted by atomic mass is 31.2. The molecule has 170 valence electrons. The molecule has 7 nitrogen and oxygen atoms in total. The Balaban J connectivity index is 0.000000523. The van der Waals surface area contributed by atoms with Gasteiger partial charge in [0.15, 0.2) is 5.44 Å². The zero-order valence-corrected chi connectivity index (χ0v) is 19.6. The van der Waals surface area contributed by atoms with Crippen LogP contribution < -0.4 is 15.5 Å². The average molecular weight is 455 g/mol. The quantitative estimate of drug-likeness (QED) is 0.332. The van der Waals surface area contributed by atoms with E-state index in [0.717, 1.165) is 40.5 Å². The van der Waals surface area contributed by atoms with Crippen molar-refractivity contribution in [2.45, 2.75) is 27.4 Å². The topological polar surface area (TPSA) is 96.5 Å². The molecule has 32 heavy (non-hydrogen) atoms. The Hall–Kier alpha value is -2.70. The number of rotatable bonds is 8. The maximum Gasteiger partial charge on any atom is 0.376 e. The first-order valence-corrected chi connectivity index (χ1v) is 12.3. The molecule has 2 aromatic heterocycles. The Kier molecular flexibility index (Phi) is 8.42. The minimum atomic E-state index is -3.95. The summed E-state index contributed by atoms with van der Waals surface area (Å²) in [4.78, 5) is 17.5. The van der Waals surface area contributed by atoms with E-state index in [1.165, 1.54) is 0 Å². The normalized spacial score (nSPS) is 12.9. The molecule has 0 bridgehead atoms. The number of aromatic nitrogens is 2. The predicted molar refractivity (Wildman–Crippen MR) is 130 cm³/mol. The van der Waals surface area contributed by atoms with Crippen LogP contribution in [0, 0.1) is 0 Å². The third-order valence-electron chi connectivity index (χ3n) is 4.79. The van der Waals surface area contributed by atoms with Crippen LogP contribution in [0.5, 0.6) is 5.75 Å². The van der Waals surface area contributed by atoms with Crippen LogP contribution in [-0.2, 0) is 15.7 Å². The average Bonchev–Trinajstić information content (AvgIpc) is 3.18. The van der Waals surface area contributed by atoms with Crippen molar-refractivity contribution >= 4 is 34.8 Å². The summed E-state index contributed by atoms with van der Waals surface area (Å²) in [6, 6.07) is 17.2. The second-order valence-corrected chi connectivity index (χ2v) is 8.82. The highest BCUT2D eigenvalue weighted by molar-refractivity contribution is 7.61. The van der Waals surface area contributed by atoms with E-state index in [9.17, 15) is 9.46 Å². The van der Waals surface area contributed by atoms with E-state index in [4.69, 9.17) is 9.26 Å². The van der Waals surface area contributed by atoms with E-state index < -0.39 is 7.60 Å². The molecule has 4 rings (SSSR count). The lowest BCUT2D eigenvalue weighted by Crippen LogP contribution is -2.11. The van der Waals surface area contributed by atoms with E-state index >= 15 is 0 Å². The Morgan fingerprint density at radius 3 is 2.44 bits per heavy atom. The predicted octanol–water partition coefficient (Wildman–Crippen LogP) is 4.76. The lowest BCUT2D eigenvalue weighted by molar-refractivity contribution is 0.283. The van der Waals surface area contributed by atoms with Gasteiger partial charge in [-0.1, -0.05) is 50.2 Å². The number of ether oxygens (including phenoxy) is 1. The highest BCUT2D eigenvalue weighted by Gasteiger charge is 2.25. The highest BCUT2D eigenvalue weighted by Crippen LogP contribution is 2.41. The number of aromatic amines is 1. The van der Waals surface area contributed by atoms with Gasteiger partial charge in [0.1, 0.15) is 12.4 Å². The van der Waals surface area contributed by atoms with Crippen molar-refractivity contribution in [3.8, 4) is 5.75 Å².